The average Bonchev–Trinajstić information content (AvgIpc) is 2.90. The van der Waals surface area contributed by atoms with Crippen LogP contribution < -0.4 is 5.32 Å². The molecular formula is C12H13IN4O2. The third kappa shape index (κ3) is 3.91. The molecule has 7 heteroatoms. The summed E-state index contributed by atoms with van der Waals surface area (Å²) in [7, 11) is 0. The number of benzene rings is 1. The third-order valence-electron chi connectivity index (χ3n) is 2.54. The number of carbonyl (C=O) groups is 1. The van der Waals surface area contributed by atoms with Crippen LogP contribution in [0.15, 0.2) is 24.5 Å². The number of phenols is 1. The molecule has 6 nitrogen and oxygen atoms in total. The van der Waals surface area contributed by atoms with Gasteiger partial charge >= 0.3 is 0 Å². The molecule has 0 aliphatic heterocycles. The second kappa shape index (κ2) is 6.50. The Kier molecular flexibility index (Phi) is 4.72. The smallest absolute Gasteiger partial charge is 0.255 e. The maximum Gasteiger partial charge on any atom is 0.255 e. The van der Waals surface area contributed by atoms with Gasteiger partial charge in [0, 0.05) is 16.5 Å². The Morgan fingerprint density at radius 3 is 3.05 bits per heavy atom. The van der Waals surface area contributed by atoms with Crippen LogP contribution in [0.4, 0.5) is 0 Å². The highest BCUT2D eigenvalue weighted by molar-refractivity contribution is 14.1. The number of aromatic nitrogens is 3. The van der Waals surface area contributed by atoms with Crippen LogP contribution in [0, 0.1) is 3.57 Å². The molecule has 0 saturated heterocycles. The van der Waals surface area contributed by atoms with Gasteiger partial charge in [-0.15, -0.1) is 0 Å². The number of phenolic OH excluding ortho intramolecular Hbond substituents is 1. The van der Waals surface area contributed by atoms with Crippen LogP contribution in [0.25, 0.3) is 0 Å². The molecular weight excluding hydrogens is 359 g/mol. The fourth-order valence-corrected chi connectivity index (χ4v) is 2.09. The Morgan fingerprint density at radius 2 is 2.32 bits per heavy atom. The Morgan fingerprint density at radius 1 is 1.47 bits per heavy atom. The molecule has 1 aromatic heterocycles. The molecule has 0 spiro atoms. The summed E-state index contributed by atoms with van der Waals surface area (Å²) in [5.74, 6) is 0.521. The first-order valence-electron chi connectivity index (χ1n) is 5.78. The minimum atomic E-state index is -0.270. The summed E-state index contributed by atoms with van der Waals surface area (Å²) in [5.41, 5.74) is 0.298. The van der Waals surface area contributed by atoms with E-state index < -0.39 is 0 Å². The zero-order valence-electron chi connectivity index (χ0n) is 10.1. The first kappa shape index (κ1) is 13.8. The van der Waals surface area contributed by atoms with E-state index in [4.69, 9.17) is 0 Å². The van der Waals surface area contributed by atoms with Crippen molar-refractivity contribution in [2.75, 3.05) is 6.54 Å². The first-order chi connectivity index (χ1) is 9.16. The van der Waals surface area contributed by atoms with Crippen molar-refractivity contribution in [3.63, 3.8) is 0 Å². The molecule has 0 unspecified atom stereocenters. The zero-order valence-corrected chi connectivity index (χ0v) is 12.2. The van der Waals surface area contributed by atoms with Crippen LogP contribution in [0.1, 0.15) is 22.6 Å². The Balaban J connectivity index is 1.82. The summed E-state index contributed by atoms with van der Waals surface area (Å²) < 4.78 is 0.905. The largest absolute Gasteiger partial charge is 0.507 e. The SMILES string of the molecule is O=C(NCCCc1ncn[nH]1)c1cc(I)ccc1O. The summed E-state index contributed by atoms with van der Waals surface area (Å²) in [6.45, 7) is 0.518. The lowest BCUT2D eigenvalue weighted by Gasteiger charge is -2.06. The highest BCUT2D eigenvalue weighted by atomic mass is 127. The van der Waals surface area contributed by atoms with Gasteiger partial charge in [-0.25, -0.2) is 4.98 Å². The van der Waals surface area contributed by atoms with E-state index in [1.54, 1.807) is 12.1 Å². The van der Waals surface area contributed by atoms with Crippen molar-refractivity contribution in [2.24, 2.45) is 0 Å². The van der Waals surface area contributed by atoms with Gasteiger partial charge in [-0.2, -0.15) is 5.10 Å². The van der Waals surface area contributed by atoms with Gasteiger partial charge < -0.3 is 10.4 Å². The predicted octanol–water partition coefficient (Wildman–Crippen LogP) is 1.48. The highest BCUT2D eigenvalue weighted by Crippen LogP contribution is 2.19. The van der Waals surface area contributed by atoms with Gasteiger partial charge in [0.15, 0.2) is 0 Å². The predicted molar refractivity (Wildman–Crippen MR) is 77.9 cm³/mol. The highest BCUT2D eigenvalue weighted by Gasteiger charge is 2.10. The summed E-state index contributed by atoms with van der Waals surface area (Å²) in [5, 5.41) is 18.9. The summed E-state index contributed by atoms with van der Waals surface area (Å²) in [6, 6.07) is 4.92. The van der Waals surface area contributed by atoms with Crippen LogP contribution in [0.5, 0.6) is 5.75 Å². The quantitative estimate of drug-likeness (QED) is 0.548. The second-order valence-corrected chi connectivity index (χ2v) is 5.20. The van der Waals surface area contributed by atoms with Gasteiger partial charge in [-0.05, 0) is 47.2 Å². The zero-order chi connectivity index (χ0) is 13.7. The number of nitrogens with zero attached hydrogens (tertiary/aromatic N) is 2. The van der Waals surface area contributed by atoms with Gasteiger partial charge in [0.2, 0.25) is 0 Å². The van der Waals surface area contributed by atoms with Crippen molar-refractivity contribution >= 4 is 28.5 Å². The van der Waals surface area contributed by atoms with E-state index in [-0.39, 0.29) is 11.7 Å². The maximum atomic E-state index is 11.9. The van der Waals surface area contributed by atoms with Crippen molar-refractivity contribution in [3.05, 3.63) is 39.5 Å². The average molecular weight is 372 g/mol. The molecule has 0 radical (unpaired) electrons. The van der Waals surface area contributed by atoms with Crippen molar-refractivity contribution in [1.82, 2.24) is 20.5 Å². The van der Waals surface area contributed by atoms with Crippen LogP contribution in [0.2, 0.25) is 0 Å². The van der Waals surface area contributed by atoms with E-state index in [1.165, 1.54) is 12.4 Å². The van der Waals surface area contributed by atoms with Crippen LogP contribution >= 0.6 is 22.6 Å². The van der Waals surface area contributed by atoms with Crippen molar-refractivity contribution in [2.45, 2.75) is 12.8 Å². The van der Waals surface area contributed by atoms with E-state index >= 15 is 0 Å². The normalized spacial score (nSPS) is 10.4. The van der Waals surface area contributed by atoms with E-state index in [1.807, 2.05) is 0 Å². The van der Waals surface area contributed by atoms with Gasteiger partial charge in [0.05, 0.1) is 5.56 Å². The minimum absolute atomic E-state index is 0.00634. The Bertz CT molecular complexity index is 557. The molecule has 1 aromatic carbocycles. The van der Waals surface area contributed by atoms with Gasteiger partial charge in [0.25, 0.3) is 5.91 Å². The van der Waals surface area contributed by atoms with E-state index in [9.17, 15) is 9.90 Å². The third-order valence-corrected chi connectivity index (χ3v) is 3.22. The molecule has 19 heavy (non-hydrogen) atoms. The molecule has 3 N–H and O–H groups in total. The molecule has 0 bridgehead atoms. The fraction of sp³-hybridized carbons (Fsp3) is 0.250. The number of nitrogens with one attached hydrogen (secondary N) is 2. The summed E-state index contributed by atoms with van der Waals surface area (Å²) in [6.07, 6.45) is 2.93. The fourth-order valence-electron chi connectivity index (χ4n) is 1.59. The lowest BCUT2D eigenvalue weighted by atomic mass is 10.2. The number of amides is 1. The van der Waals surface area contributed by atoms with E-state index in [0.29, 0.717) is 12.1 Å². The van der Waals surface area contributed by atoms with Crippen molar-refractivity contribution in [1.29, 1.82) is 0 Å². The molecule has 0 saturated carbocycles. The lowest BCUT2D eigenvalue weighted by molar-refractivity contribution is 0.0950. The van der Waals surface area contributed by atoms with Crippen molar-refractivity contribution in [3.8, 4) is 5.75 Å². The molecule has 0 aliphatic carbocycles. The van der Waals surface area contributed by atoms with Crippen LogP contribution in [-0.2, 0) is 6.42 Å². The monoisotopic (exact) mass is 372 g/mol. The number of rotatable bonds is 5. The van der Waals surface area contributed by atoms with Gasteiger partial charge in [-0.1, -0.05) is 0 Å². The molecule has 0 aliphatic rings. The molecule has 2 rings (SSSR count). The van der Waals surface area contributed by atoms with Crippen molar-refractivity contribution < 1.29 is 9.90 Å². The molecule has 0 atom stereocenters. The molecule has 100 valence electrons. The summed E-state index contributed by atoms with van der Waals surface area (Å²) in [4.78, 5) is 15.9. The number of aromatic hydroxyl groups is 1. The lowest BCUT2D eigenvalue weighted by Crippen LogP contribution is -2.25. The standard InChI is InChI=1S/C12H13IN4O2/c13-8-3-4-10(18)9(6-8)12(19)14-5-1-2-11-15-7-16-17-11/h3-4,6-7,18H,1-2,5H2,(H,14,19)(H,15,16,17). The number of H-pyrrole nitrogens is 1. The molecule has 2 aromatic rings. The topological polar surface area (TPSA) is 90.9 Å². The van der Waals surface area contributed by atoms with Gasteiger partial charge in [-0.3, -0.25) is 9.89 Å². The van der Waals surface area contributed by atoms with Gasteiger partial charge in [0.1, 0.15) is 17.9 Å². The number of hydrogen-bond donors (Lipinski definition) is 3. The molecule has 0 fully saturated rings. The number of aryl methyl sites for hydroxylation is 1. The minimum Gasteiger partial charge on any atom is -0.507 e. The number of carbonyl (C=O) groups excluding carboxylic acids is 1. The van der Waals surface area contributed by atoms with E-state index in [2.05, 4.69) is 43.1 Å². The van der Waals surface area contributed by atoms with Crippen LogP contribution in [-0.4, -0.2) is 32.7 Å². The first-order valence-corrected chi connectivity index (χ1v) is 6.85. The number of aromatic amines is 1. The Hall–Kier alpha value is -1.64. The number of hydrogen-bond acceptors (Lipinski definition) is 4. The molecule has 1 heterocycles. The van der Waals surface area contributed by atoms with E-state index in [0.717, 1.165) is 22.2 Å². The second-order valence-electron chi connectivity index (χ2n) is 3.95. The summed E-state index contributed by atoms with van der Waals surface area (Å²) >= 11 is 2.10. The number of halogens is 1. The maximum absolute atomic E-state index is 11.9. The Labute approximate surface area is 123 Å². The molecule has 1 amide bonds. The van der Waals surface area contributed by atoms with Crippen LogP contribution in [0.3, 0.4) is 0 Å².